The summed E-state index contributed by atoms with van der Waals surface area (Å²) in [6, 6.07) is 12.7. The van der Waals surface area contributed by atoms with Gasteiger partial charge in [0.1, 0.15) is 17.1 Å². The average molecular weight is 397 g/mol. The Balaban J connectivity index is 1.92. The molecule has 2 aromatic carbocycles. The zero-order valence-electron chi connectivity index (χ0n) is 17.1. The van der Waals surface area contributed by atoms with Crippen molar-refractivity contribution in [1.82, 2.24) is 0 Å². The Morgan fingerprint density at radius 1 is 0.897 bits per heavy atom. The predicted molar refractivity (Wildman–Crippen MR) is 111 cm³/mol. The summed E-state index contributed by atoms with van der Waals surface area (Å²) in [6.07, 6.45) is 4.68. The van der Waals surface area contributed by atoms with Crippen LogP contribution >= 0.6 is 0 Å². The molecule has 1 fully saturated rings. The van der Waals surface area contributed by atoms with Gasteiger partial charge in [0.15, 0.2) is 0 Å². The van der Waals surface area contributed by atoms with Gasteiger partial charge in [0.05, 0.1) is 26.7 Å². The summed E-state index contributed by atoms with van der Waals surface area (Å²) < 4.78 is 15.3. The number of carbonyl (C=O) groups excluding carboxylic acids is 2. The van der Waals surface area contributed by atoms with E-state index in [1.165, 1.54) is 14.2 Å². The quantitative estimate of drug-likeness (QED) is 0.735. The van der Waals surface area contributed by atoms with E-state index in [0.717, 1.165) is 43.4 Å². The summed E-state index contributed by atoms with van der Waals surface area (Å²) in [7, 11) is 4.43. The molecule has 1 N–H and O–H groups in total. The molecule has 1 amide bonds. The average Bonchev–Trinajstić information content (AvgIpc) is 2.78. The molecule has 0 heterocycles. The SMILES string of the molecule is COC(=O)c1cc(NC(=O)C2(c3ccc(OC)cc3)CCCCC2)ccc1OC. The summed E-state index contributed by atoms with van der Waals surface area (Å²) in [6.45, 7) is 0. The number of ether oxygens (including phenoxy) is 3. The molecule has 0 unspecified atom stereocenters. The van der Waals surface area contributed by atoms with Gasteiger partial charge in [-0.25, -0.2) is 4.79 Å². The van der Waals surface area contributed by atoms with Crippen LogP contribution in [0.1, 0.15) is 48.0 Å². The molecule has 1 aliphatic carbocycles. The first kappa shape index (κ1) is 20.7. The van der Waals surface area contributed by atoms with Gasteiger partial charge in [-0.1, -0.05) is 31.4 Å². The van der Waals surface area contributed by atoms with Crippen LogP contribution < -0.4 is 14.8 Å². The molecule has 154 valence electrons. The van der Waals surface area contributed by atoms with Gasteiger partial charge in [0.25, 0.3) is 0 Å². The number of hydrogen-bond acceptors (Lipinski definition) is 5. The fraction of sp³-hybridized carbons (Fsp3) is 0.391. The van der Waals surface area contributed by atoms with Gasteiger partial charge in [-0.2, -0.15) is 0 Å². The molecule has 1 saturated carbocycles. The van der Waals surface area contributed by atoms with Gasteiger partial charge in [0.2, 0.25) is 5.91 Å². The molecule has 2 aromatic rings. The van der Waals surface area contributed by atoms with E-state index in [2.05, 4.69) is 5.32 Å². The molecule has 3 rings (SSSR count). The number of anilines is 1. The van der Waals surface area contributed by atoms with Gasteiger partial charge in [-0.3, -0.25) is 4.79 Å². The molecule has 1 aliphatic rings. The maximum absolute atomic E-state index is 13.5. The van der Waals surface area contributed by atoms with E-state index in [9.17, 15) is 9.59 Å². The molecule has 0 bridgehead atoms. The van der Waals surface area contributed by atoms with E-state index in [-0.39, 0.29) is 11.5 Å². The van der Waals surface area contributed by atoms with Crippen LogP contribution in [-0.4, -0.2) is 33.2 Å². The van der Waals surface area contributed by atoms with Crippen LogP contribution in [0.4, 0.5) is 5.69 Å². The summed E-state index contributed by atoms with van der Waals surface area (Å²) in [5, 5.41) is 3.02. The summed E-state index contributed by atoms with van der Waals surface area (Å²) >= 11 is 0. The maximum atomic E-state index is 13.5. The zero-order valence-corrected chi connectivity index (χ0v) is 17.1. The Bertz CT molecular complexity index is 869. The van der Waals surface area contributed by atoms with E-state index >= 15 is 0 Å². The topological polar surface area (TPSA) is 73.9 Å². The van der Waals surface area contributed by atoms with Crippen LogP contribution in [0.25, 0.3) is 0 Å². The van der Waals surface area contributed by atoms with E-state index in [1.807, 2.05) is 24.3 Å². The zero-order chi connectivity index (χ0) is 20.9. The number of methoxy groups -OCH3 is 3. The van der Waals surface area contributed by atoms with Crippen molar-refractivity contribution in [3.05, 3.63) is 53.6 Å². The van der Waals surface area contributed by atoms with Gasteiger partial charge in [0, 0.05) is 5.69 Å². The largest absolute Gasteiger partial charge is 0.497 e. The van der Waals surface area contributed by atoms with E-state index in [4.69, 9.17) is 14.2 Å². The molecule has 0 spiro atoms. The highest BCUT2D eigenvalue weighted by Crippen LogP contribution is 2.41. The number of esters is 1. The normalized spacial score (nSPS) is 15.3. The number of rotatable bonds is 6. The van der Waals surface area contributed by atoms with Crippen LogP contribution in [-0.2, 0) is 14.9 Å². The van der Waals surface area contributed by atoms with E-state index < -0.39 is 11.4 Å². The van der Waals surface area contributed by atoms with Crippen molar-refractivity contribution in [2.24, 2.45) is 0 Å². The number of nitrogens with one attached hydrogen (secondary N) is 1. The second-order valence-corrected chi connectivity index (χ2v) is 7.23. The minimum absolute atomic E-state index is 0.0663. The van der Waals surface area contributed by atoms with Crippen LogP contribution in [0.2, 0.25) is 0 Å². The van der Waals surface area contributed by atoms with Gasteiger partial charge >= 0.3 is 5.97 Å². The van der Waals surface area contributed by atoms with Crippen molar-refractivity contribution in [3.8, 4) is 11.5 Å². The second-order valence-electron chi connectivity index (χ2n) is 7.23. The van der Waals surface area contributed by atoms with Crippen LogP contribution in [0.15, 0.2) is 42.5 Å². The Kier molecular flexibility index (Phi) is 6.42. The molecule has 0 aromatic heterocycles. The lowest BCUT2D eigenvalue weighted by Crippen LogP contribution is -2.42. The fourth-order valence-corrected chi connectivity index (χ4v) is 4.02. The third-order valence-corrected chi connectivity index (χ3v) is 5.65. The van der Waals surface area contributed by atoms with Crippen LogP contribution in [0.5, 0.6) is 11.5 Å². The Morgan fingerprint density at radius 2 is 1.59 bits per heavy atom. The van der Waals surface area contributed by atoms with Gasteiger partial charge in [-0.15, -0.1) is 0 Å². The smallest absolute Gasteiger partial charge is 0.341 e. The van der Waals surface area contributed by atoms with Crippen LogP contribution in [0, 0.1) is 0 Å². The minimum Gasteiger partial charge on any atom is -0.497 e. The number of amides is 1. The van der Waals surface area contributed by atoms with Crippen molar-refractivity contribution in [2.45, 2.75) is 37.5 Å². The first-order chi connectivity index (χ1) is 14.0. The standard InChI is InChI=1S/C23H27NO5/c1-27-18-10-7-16(8-11-18)23(13-5-4-6-14-23)22(26)24-17-9-12-20(28-2)19(15-17)21(25)29-3/h7-12,15H,4-6,13-14H2,1-3H3,(H,24,26). The minimum atomic E-state index is -0.601. The highest BCUT2D eigenvalue weighted by molar-refractivity contribution is 6.01. The van der Waals surface area contributed by atoms with Crippen molar-refractivity contribution in [3.63, 3.8) is 0 Å². The summed E-state index contributed by atoms with van der Waals surface area (Å²) in [5.74, 6) is 0.583. The molecule has 29 heavy (non-hydrogen) atoms. The predicted octanol–water partition coefficient (Wildman–Crippen LogP) is 4.33. The molecule has 0 atom stereocenters. The first-order valence-corrected chi connectivity index (χ1v) is 9.76. The molecule has 0 aliphatic heterocycles. The third kappa shape index (κ3) is 4.21. The first-order valence-electron chi connectivity index (χ1n) is 9.76. The molecular formula is C23H27NO5. The van der Waals surface area contributed by atoms with Crippen molar-refractivity contribution in [1.29, 1.82) is 0 Å². The summed E-state index contributed by atoms with van der Waals surface area (Å²) in [5.41, 5.74) is 1.19. The monoisotopic (exact) mass is 397 g/mol. The highest BCUT2D eigenvalue weighted by atomic mass is 16.5. The van der Waals surface area contributed by atoms with E-state index in [1.54, 1.807) is 25.3 Å². The van der Waals surface area contributed by atoms with E-state index in [0.29, 0.717) is 11.4 Å². The Hall–Kier alpha value is -3.02. The number of hydrogen-bond donors (Lipinski definition) is 1. The lowest BCUT2D eigenvalue weighted by molar-refractivity contribution is -0.122. The highest BCUT2D eigenvalue weighted by Gasteiger charge is 2.41. The number of carbonyl (C=O) groups is 2. The third-order valence-electron chi connectivity index (χ3n) is 5.65. The lowest BCUT2D eigenvalue weighted by Gasteiger charge is -2.36. The maximum Gasteiger partial charge on any atom is 0.341 e. The van der Waals surface area contributed by atoms with Gasteiger partial charge in [-0.05, 0) is 48.7 Å². The molecule has 0 radical (unpaired) electrons. The van der Waals surface area contributed by atoms with Gasteiger partial charge < -0.3 is 19.5 Å². The van der Waals surface area contributed by atoms with Crippen molar-refractivity contribution < 1.29 is 23.8 Å². The molecular weight excluding hydrogens is 370 g/mol. The second kappa shape index (κ2) is 8.99. The Morgan fingerprint density at radius 3 is 2.17 bits per heavy atom. The molecule has 0 saturated heterocycles. The van der Waals surface area contributed by atoms with Crippen molar-refractivity contribution >= 4 is 17.6 Å². The fourth-order valence-electron chi connectivity index (χ4n) is 4.02. The van der Waals surface area contributed by atoms with Crippen molar-refractivity contribution in [2.75, 3.05) is 26.6 Å². The lowest BCUT2D eigenvalue weighted by atomic mass is 9.68. The number of benzene rings is 2. The Labute approximate surface area is 171 Å². The molecule has 6 heteroatoms. The van der Waals surface area contributed by atoms with Crippen LogP contribution in [0.3, 0.4) is 0 Å². The molecule has 6 nitrogen and oxygen atoms in total. The summed E-state index contributed by atoms with van der Waals surface area (Å²) in [4.78, 5) is 25.5.